The first kappa shape index (κ1) is 14.3. The van der Waals surface area contributed by atoms with Crippen LogP contribution in [0, 0.1) is 12.3 Å². The van der Waals surface area contributed by atoms with Gasteiger partial charge in [-0.05, 0) is 25.1 Å². The minimum atomic E-state index is -3.36. The Bertz CT molecular complexity index is 717. The maximum Gasteiger partial charge on any atom is 0.180 e. The molecule has 0 bridgehead atoms. The maximum atomic E-state index is 12.2. The van der Waals surface area contributed by atoms with Gasteiger partial charge in [0.1, 0.15) is 5.84 Å². The molecular formula is C13H16N4O2S. The van der Waals surface area contributed by atoms with Crippen molar-refractivity contribution in [3.63, 3.8) is 0 Å². The van der Waals surface area contributed by atoms with Crippen molar-refractivity contribution < 1.29 is 8.42 Å². The van der Waals surface area contributed by atoms with E-state index in [1.165, 1.54) is 24.3 Å². The quantitative estimate of drug-likeness (QED) is 0.632. The summed E-state index contributed by atoms with van der Waals surface area (Å²) >= 11 is 0. The molecule has 0 spiro atoms. The average molecular weight is 292 g/mol. The molecule has 0 atom stereocenters. The summed E-state index contributed by atoms with van der Waals surface area (Å²) in [7, 11) is -3.36. The van der Waals surface area contributed by atoms with Gasteiger partial charge in [-0.2, -0.15) is 5.10 Å². The van der Waals surface area contributed by atoms with E-state index in [0.29, 0.717) is 12.1 Å². The van der Waals surface area contributed by atoms with Crippen molar-refractivity contribution in [2.24, 2.45) is 5.73 Å². The molecule has 2 aromatic rings. The molecule has 0 radical (unpaired) electrons. The SMILES string of the molecule is Cc1ccn(CCS(=O)(=O)c2ccc(C(=N)N)cc2)n1. The summed E-state index contributed by atoms with van der Waals surface area (Å²) in [6.45, 7) is 2.16. The fraction of sp³-hybridized carbons (Fsp3) is 0.231. The Labute approximate surface area is 117 Å². The maximum absolute atomic E-state index is 12.2. The number of hydrogen-bond acceptors (Lipinski definition) is 4. The third-order valence-electron chi connectivity index (χ3n) is 2.89. The summed E-state index contributed by atoms with van der Waals surface area (Å²) < 4.78 is 25.9. The van der Waals surface area contributed by atoms with E-state index >= 15 is 0 Å². The second-order valence-electron chi connectivity index (χ2n) is 4.48. The lowest BCUT2D eigenvalue weighted by atomic mass is 10.2. The molecule has 0 saturated heterocycles. The molecule has 0 saturated carbocycles. The van der Waals surface area contributed by atoms with E-state index in [9.17, 15) is 8.42 Å². The van der Waals surface area contributed by atoms with Gasteiger partial charge in [0, 0.05) is 11.8 Å². The van der Waals surface area contributed by atoms with Gasteiger partial charge >= 0.3 is 0 Å². The fourth-order valence-corrected chi connectivity index (χ4v) is 2.97. The van der Waals surface area contributed by atoms with Crippen LogP contribution in [0.2, 0.25) is 0 Å². The molecule has 0 fully saturated rings. The second-order valence-corrected chi connectivity index (χ2v) is 6.59. The lowest BCUT2D eigenvalue weighted by Gasteiger charge is -2.06. The number of nitrogens with one attached hydrogen (secondary N) is 1. The van der Waals surface area contributed by atoms with Crippen LogP contribution in [-0.2, 0) is 16.4 Å². The van der Waals surface area contributed by atoms with Crippen LogP contribution >= 0.6 is 0 Å². The normalized spacial score (nSPS) is 11.4. The molecule has 1 aromatic carbocycles. The highest BCUT2D eigenvalue weighted by molar-refractivity contribution is 7.91. The molecule has 20 heavy (non-hydrogen) atoms. The van der Waals surface area contributed by atoms with Gasteiger partial charge in [0.2, 0.25) is 0 Å². The van der Waals surface area contributed by atoms with E-state index < -0.39 is 9.84 Å². The zero-order valence-corrected chi connectivity index (χ0v) is 11.9. The molecular weight excluding hydrogens is 276 g/mol. The van der Waals surface area contributed by atoms with Crippen LogP contribution in [0.3, 0.4) is 0 Å². The number of rotatable bonds is 5. The van der Waals surface area contributed by atoms with Crippen LogP contribution in [0.4, 0.5) is 0 Å². The lowest BCUT2D eigenvalue weighted by Crippen LogP contribution is -2.15. The molecule has 3 N–H and O–H groups in total. The third-order valence-corrected chi connectivity index (χ3v) is 4.60. The summed E-state index contributed by atoms with van der Waals surface area (Å²) in [5.74, 6) is -0.103. The van der Waals surface area contributed by atoms with Gasteiger partial charge in [-0.1, -0.05) is 12.1 Å². The number of nitrogens with zero attached hydrogens (tertiary/aromatic N) is 2. The molecule has 1 aromatic heterocycles. The topological polar surface area (TPSA) is 102 Å². The number of hydrogen-bond donors (Lipinski definition) is 2. The Morgan fingerprint density at radius 3 is 2.45 bits per heavy atom. The van der Waals surface area contributed by atoms with Gasteiger partial charge in [-0.15, -0.1) is 0 Å². The van der Waals surface area contributed by atoms with Crippen molar-refractivity contribution in [3.05, 3.63) is 47.8 Å². The van der Waals surface area contributed by atoms with E-state index in [4.69, 9.17) is 11.1 Å². The second kappa shape index (κ2) is 5.46. The molecule has 6 nitrogen and oxygen atoms in total. The van der Waals surface area contributed by atoms with Gasteiger partial charge in [-0.3, -0.25) is 10.1 Å². The summed E-state index contributed by atoms with van der Waals surface area (Å²) in [6, 6.07) is 7.84. The van der Waals surface area contributed by atoms with Crippen molar-refractivity contribution in [1.29, 1.82) is 5.41 Å². The zero-order valence-electron chi connectivity index (χ0n) is 11.1. The molecule has 0 aliphatic heterocycles. The predicted molar refractivity (Wildman–Crippen MR) is 76.5 cm³/mol. The number of nitrogens with two attached hydrogens (primary N) is 1. The van der Waals surface area contributed by atoms with Crippen molar-refractivity contribution in [2.75, 3.05) is 5.75 Å². The van der Waals surface area contributed by atoms with Crippen LogP contribution in [0.15, 0.2) is 41.4 Å². The van der Waals surface area contributed by atoms with Gasteiger partial charge in [0.15, 0.2) is 9.84 Å². The summed E-state index contributed by atoms with van der Waals surface area (Å²) in [5.41, 5.74) is 6.69. The first-order chi connectivity index (χ1) is 9.38. The molecule has 1 heterocycles. The van der Waals surface area contributed by atoms with Gasteiger partial charge in [-0.25, -0.2) is 8.42 Å². The first-order valence-corrected chi connectivity index (χ1v) is 7.71. The van der Waals surface area contributed by atoms with Crippen LogP contribution in [0.25, 0.3) is 0 Å². The zero-order chi connectivity index (χ0) is 14.8. The van der Waals surface area contributed by atoms with Crippen LogP contribution in [-0.4, -0.2) is 29.8 Å². The number of aryl methyl sites for hydroxylation is 2. The van der Waals surface area contributed by atoms with Crippen molar-refractivity contribution in [2.45, 2.75) is 18.4 Å². The fourth-order valence-electron chi connectivity index (χ4n) is 1.76. The van der Waals surface area contributed by atoms with Gasteiger partial charge in [0.05, 0.1) is 22.9 Å². The number of amidine groups is 1. The summed E-state index contributed by atoms with van der Waals surface area (Å²) in [4.78, 5) is 0.228. The Morgan fingerprint density at radius 2 is 1.95 bits per heavy atom. The number of aromatic nitrogens is 2. The van der Waals surface area contributed by atoms with Crippen LogP contribution in [0.5, 0.6) is 0 Å². The summed E-state index contributed by atoms with van der Waals surface area (Å²) in [6.07, 6.45) is 1.75. The highest BCUT2D eigenvalue weighted by Gasteiger charge is 2.14. The Hall–Kier alpha value is -2.15. The Kier molecular flexibility index (Phi) is 3.89. The molecule has 2 rings (SSSR count). The van der Waals surface area contributed by atoms with Crippen molar-refractivity contribution in [3.8, 4) is 0 Å². The standard InChI is InChI=1S/C13H16N4O2S/c1-10-6-7-17(16-10)8-9-20(18,19)12-4-2-11(3-5-12)13(14)15/h2-7H,8-9H2,1H3,(H3,14,15). The molecule has 0 aliphatic carbocycles. The molecule has 0 amide bonds. The summed E-state index contributed by atoms with van der Waals surface area (Å²) in [5, 5.41) is 11.4. The number of benzene rings is 1. The highest BCUT2D eigenvalue weighted by Crippen LogP contribution is 2.13. The first-order valence-electron chi connectivity index (χ1n) is 6.06. The molecule has 106 valence electrons. The molecule has 7 heteroatoms. The van der Waals surface area contributed by atoms with E-state index in [1.807, 2.05) is 13.0 Å². The monoisotopic (exact) mass is 292 g/mol. The van der Waals surface area contributed by atoms with Gasteiger partial charge in [0.25, 0.3) is 0 Å². The van der Waals surface area contributed by atoms with Crippen molar-refractivity contribution in [1.82, 2.24) is 9.78 Å². The smallest absolute Gasteiger partial charge is 0.180 e. The lowest BCUT2D eigenvalue weighted by molar-refractivity contribution is 0.580. The number of sulfone groups is 1. The van der Waals surface area contributed by atoms with Gasteiger partial charge < -0.3 is 5.73 Å². The Morgan fingerprint density at radius 1 is 1.30 bits per heavy atom. The minimum absolute atomic E-state index is 0.0203. The average Bonchev–Trinajstić information content (AvgIpc) is 2.82. The van der Waals surface area contributed by atoms with Crippen molar-refractivity contribution >= 4 is 15.7 Å². The number of nitrogen functional groups attached to an aromatic ring is 1. The van der Waals surface area contributed by atoms with E-state index in [1.54, 1.807) is 10.9 Å². The van der Waals surface area contributed by atoms with Crippen LogP contribution in [0.1, 0.15) is 11.3 Å². The van der Waals surface area contributed by atoms with E-state index in [2.05, 4.69) is 5.10 Å². The third kappa shape index (κ3) is 3.24. The minimum Gasteiger partial charge on any atom is -0.384 e. The van der Waals surface area contributed by atoms with E-state index in [0.717, 1.165) is 5.69 Å². The Balaban J connectivity index is 2.11. The molecule has 0 aliphatic rings. The van der Waals surface area contributed by atoms with Crippen LogP contribution < -0.4 is 5.73 Å². The highest BCUT2D eigenvalue weighted by atomic mass is 32.2. The predicted octanol–water partition coefficient (Wildman–Crippen LogP) is 0.949. The van der Waals surface area contributed by atoms with E-state index in [-0.39, 0.29) is 16.5 Å². The largest absolute Gasteiger partial charge is 0.384 e. The molecule has 0 unspecified atom stereocenters.